The summed E-state index contributed by atoms with van der Waals surface area (Å²) in [4.78, 5) is 0. The second-order valence-electron chi connectivity index (χ2n) is 12.5. The second-order valence-corrected chi connectivity index (χ2v) is 12.5. The molecule has 8 unspecified atom stereocenters. The Morgan fingerprint density at radius 3 is 1.93 bits per heavy atom. The molecule has 19 nitrogen and oxygen atoms in total. The molecule has 5 rings (SSSR count). The van der Waals surface area contributed by atoms with Gasteiger partial charge in [-0.15, -0.1) is 0 Å². The zero-order valence-electron chi connectivity index (χ0n) is 24.7. The quantitative estimate of drug-likeness (QED) is 0.115. The average molecular weight is 656 g/mol. The second kappa shape index (κ2) is 14.8. The van der Waals surface area contributed by atoms with Crippen LogP contribution in [-0.4, -0.2) is 178 Å². The molecule has 0 aromatic heterocycles. The molecule has 4 aliphatic heterocycles. The van der Waals surface area contributed by atoms with Crippen LogP contribution in [0.2, 0.25) is 0 Å². The molecule has 0 aromatic rings. The first kappa shape index (κ1) is 35.5. The molecule has 0 radical (unpaired) electrons. The van der Waals surface area contributed by atoms with E-state index in [1.807, 2.05) is 0 Å². The normalized spacial score (nSPS) is 54.4. The minimum Gasteiger partial charge on any atom is -0.394 e. The predicted molar refractivity (Wildman–Crippen MR) is 148 cm³/mol. The van der Waals surface area contributed by atoms with Crippen LogP contribution in [0.1, 0.15) is 19.3 Å². The van der Waals surface area contributed by atoms with Crippen molar-refractivity contribution < 1.29 is 68.9 Å². The Hall–Kier alpha value is -0.760. The molecular weight excluding hydrogens is 606 g/mol. The molecule has 0 spiro atoms. The number of rotatable bonds is 8. The van der Waals surface area contributed by atoms with E-state index in [0.717, 1.165) is 0 Å². The average Bonchev–Trinajstić information content (AvgIpc) is 3.18. The standard InChI is InChI=1S/C26H49N5O14/c27-5-10-15(35)16(36)12(30)24(40-10)44-21-11(6-32)41-26(18(21)38)45-23-14(34)7(28)4-8(29)19(23)42-25-13(31)17(37)22-20(43-25)9(33)2-1-3-39-22/h7-26,32-38H,1-6,27-31H2/t7-,8?,9?,10?,11-,12?,13?,14?,15-,16+,17-,18?,19-,20?,21+,22+,23-,24-,25+,26+/m1/s1. The van der Waals surface area contributed by atoms with Crippen LogP contribution in [0.25, 0.3) is 0 Å². The van der Waals surface area contributed by atoms with E-state index >= 15 is 0 Å². The summed E-state index contributed by atoms with van der Waals surface area (Å²) in [6, 6.07) is -4.08. The number of hydrogen-bond donors (Lipinski definition) is 12. The maximum atomic E-state index is 11.2. The third kappa shape index (κ3) is 7.04. The van der Waals surface area contributed by atoms with E-state index in [9.17, 15) is 35.7 Å². The van der Waals surface area contributed by atoms with Crippen molar-refractivity contribution in [3.63, 3.8) is 0 Å². The fraction of sp³-hybridized carbons (Fsp3) is 1.00. The summed E-state index contributed by atoms with van der Waals surface area (Å²) in [5.41, 5.74) is 30.4. The van der Waals surface area contributed by atoms with Crippen molar-refractivity contribution in [1.82, 2.24) is 0 Å². The number of ether oxygens (including phenoxy) is 7. The van der Waals surface area contributed by atoms with E-state index in [2.05, 4.69) is 0 Å². The first-order valence-electron chi connectivity index (χ1n) is 15.3. The van der Waals surface area contributed by atoms with Crippen molar-refractivity contribution in [2.45, 2.75) is 142 Å². The van der Waals surface area contributed by atoms with Gasteiger partial charge in [-0.1, -0.05) is 0 Å². The van der Waals surface area contributed by atoms with Crippen LogP contribution in [0.15, 0.2) is 0 Å². The van der Waals surface area contributed by atoms with Gasteiger partial charge in [-0.05, 0) is 19.3 Å². The molecule has 0 bridgehead atoms. The van der Waals surface area contributed by atoms with E-state index in [-0.39, 0.29) is 13.0 Å². The molecule has 19 heteroatoms. The summed E-state index contributed by atoms with van der Waals surface area (Å²) < 4.78 is 41.0. The highest BCUT2D eigenvalue weighted by Gasteiger charge is 2.55. The largest absolute Gasteiger partial charge is 0.394 e. The van der Waals surface area contributed by atoms with Crippen LogP contribution in [0, 0.1) is 0 Å². The van der Waals surface area contributed by atoms with Crippen molar-refractivity contribution in [2.75, 3.05) is 19.8 Å². The molecule has 1 aliphatic carbocycles. The zero-order chi connectivity index (χ0) is 32.7. The Morgan fingerprint density at radius 2 is 1.24 bits per heavy atom. The first-order chi connectivity index (χ1) is 21.4. The minimum absolute atomic E-state index is 0.0977. The molecule has 262 valence electrons. The first-order valence-corrected chi connectivity index (χ1v) is 15.3. The van der Waals surface area contributed by atoms with E-state index in [4.69, 9.17) is 61.8 Å². The van der Waals surface area contributed by atoms with Crippen molar-refractivity contribution in [2.24, 2.45) is 28.7 Å². The van der Waals surface area contributed by atoms with Crippen molar-refractivity contribution in [1.29, 1.82) is 0 Å². The molecule has 45 heavy (non-hydrogen) atoms. The lowest BCUT2D eigenvalue weighted by atomic mass is 9.84. The summed E-state index contributed by atoms with van der Waals surface area (Å²) in [6.07, 6.45) is -19.0. The SMILES string of the molecule is NCC1O[C@H](O[C@@H]2C(O)[C@H](O[C@@H]3C(O)[C@H](N)CC(N)[C@H]3O[C@H]3OC4C(O)CCCO[C@H]4[C@H](O)C3N)O[C@@H]2CO)C(N)[C@H](O)[C@@H]1O. The molecule has 4 heterocycles. The Labute approximate surface area is 259 Å². The fourth-order valence-electron chi connectivity index (χ4n) is 6.67. The van der Waals surface area contributed by atoms with Crippen molar-refractivity contribution in [3.05, 3.63) is 0 Å². The summed E-state index contributed by atoms with van der Waals surface area (Å²) in [5.74, 6) is 0. The van der Waals surface area contributed by atoms with Crippen LogP contribution in [0.4, 0.5) is 0 Å². The van der Waals surface area contributed by atoms with Crippen LogP contribution in [-0.2, 0) is 33.2 Å². The van der Waals surface area contributed by atoms with Gasteiger partial charge in [-0.3, -0.25) is 0 Å². The van der Waals surface area contributed by atoms with Crippen LogP contribution < -0.4 is 28.7 Å². The Bertz CT molecular complexity index is 962. The monoisotopic (exact) mass is 655 g/mol. The smallest absolute Gasteiger partial charge is 0.187 e. The Morgan fingerprint density at radius 1 is 0.622 bits per heavy atom. The van der Waals surface area contributed by atoms with Crippen molar-refractivity contribution in [3.8, 4) is 0 Å². The lowest BCUT2D eigenvalue weighted by Gasteiger charge is -2.48. The molecule has 0 amide bonds. The van der Waals surface area contributed by atoms with E-state index in [1.165, 1.54) is 0 Å². The van der Waals surface area contributed by atoms with Crippen LogP contribution in [0.5, 0.6) is 0 Å². The summed E-state index contributed by atoms with van der Waals surface area (Å²) in [6.45, 7) is -0.497. The van der Waals surface area contributed by atoms with Gasteiger partial charge in [0.15, 0.2) is 18.9 Å². The maximum Gasteiger partial charge on any atom is 0.187 e. The lowest BCUT2D eigenvalue weighted by Crippen LogP contribution is -2.68. The van der Waals surface area contributed by atoms with Gasteiger partial charge in [-0.2, -0.15) is 0 Å². The minimum atomic E-state index is -1.60. The highest BCUT2D eigenvalue weighted by Crippen LogP contribution is 2.35. The number of nitrogens with two attached hydrogens (primary N) is 5. The highest BCUT2D eigenvalue weighted by atomic mass is 16.8. The number of aliphatic hydroxyl groups is 7. The number of aliphatic hydroxyl groups excluding tert-OH is 7. The summed E-state index contributed by atoms with van der Waals surface area (Å²) in [7, 11) is 0. The zero-order valence-corrected chi connectivity index (χ0v) is 24.7. The van der Waals surface area contributed by atoms with Gasteiger partial charge in [0, 0.05) is 25.2 Å². The molecule has 0 aromatic carbocycles. The van der Waals surface area contributed by atoms with Crippen LogP contribution >= 0.6 is 0 Å². The predicted octanol–water partition coefficient (Wildman–Crippen LogP) is -7.68. The molecule has 20 atom stereocenters. The van der Waals surface area contributed by atoms with Crippen molar-refractivity contribution >= 4 is 0 Å². The maximum absolute atomic E-state index is 11.2. The lowest BCUT2D eigenvalue weighted by molar-refractivity contribution is -0.317. The van der Waals surface area contributed by atoms with Gasteiger partial charge in [-0.25, -0.2) is 0 Å². The van der Waals surface area contributed by atoms with E-state index in [1.54, 1.807) is 0 Å². The summed E-state index contributed by atoms with van der Waals surface area (Å²) >= 11 is 0. The molecule has 1 saturated carbocycles. The topological polar surface area (TPSA) is 336 Å². The molecule has 17 N–H and O–H groups in total. The van der Waals surface area contributed by atoms with E-state index < -0.39 is 129 Å². The van der Waals surface area contributed by atoms with Gasteiger partial charge >= 0.3 is 0 Å². The molecular formula is C26H49N5O14. The van der Waals surface area contributed by atoms with E-state index in [0.29, 0.717) is 19.4 Å². The van der Waals surface area contributed by atoms with Gasteiger partial charge in [0.2, 0.25) is 0 Å². The van der Waals surface area contributed by atoms with Gasteiger partial charge in [0.1, 0.15) is 67.1 Å². The van der Waals surface area contributed by atoms with Gasteiger partial charge in [0.05, 0.1) is 30.9 Å². The third-order valence-corrected chi connectivity index (χ3v) is 9.38. The molecule has 4 saturated heterocycles. The number of hydrogen-bond acceptors (Lipinski definition) is 19. The summed E-state index contributed by atoms with van der Waals surface area (Å²) in [5, 5.41) is 74.3. The molecule has 5 aliphatic rings. The Balaban J connectivity index is 1.31. The molecule has 5 fully saturated rings. The third-order valence-electron chi connectivity index (χ3n) is 9.38. The number of fused-ring (bicyclic) bond motifs is 1. The van der Waals surface area contributed by atoms with Crippen LogP contribution in [0.3, 0.4) is 0 Å². The Kier molecular flexibility index (Phi) is 11.7. The fourth-order valence-corrected chi connectivity index (χ4v) is 6.67. The van der Waals surface area contributed by atoms with Gasteiger partial charge < -0.3 is 97.6 Å². The highest BCUT2D eigenvalue weighted by molar-refractivity contribution is 5.03. The van der Waals surface area contributed by atoms with Gasteiger partial charge in [0.25, 0.3) is 0 Å².